The molecule has 0 aromatic heterocycles. The monoisotopic (exact) mass is 272 g/mol. The Balaban J connectivity index is 2.96. The molecule has 0 N–H and O–H groups in total. The van der Waals surface area contributed by atoms with Gasteiger partial charge in [-0.15, -0.1) is 0 Å². The maximum atomic E-state index is 12.0. The molecule has 0 bridgehead atoms. The van der Waals surface area contributed by atoms with E-state index in [1.807, 2.05) is 6.92 Å². The molecule has 0 saturated carbocycles. The summed E-state index contributed by atoms with van der Waals surface area (Å²) in [6, 6.07) is 3.49. The number of hydrogen-bond acceptors (Lipinski definition) is 3. The van der Waals surface area contributed by atoms with Gasteiger partial charge in [0.2, 0.25) is 0 Å². The van der Waals surface area contributed by atoms with Gasteiger partial charge in [-0.3, -0.25) is 4.79 Å². The van der Waals surface area contributed by atoms with Crippen LogP contribution in [0.15, 0.2) is 12.1 Å². The van der Waals surface area contributed by atoms with Crippen LogP contribution >= 0.6 is 23.4 Å². The Kier molecular flexibility index (Phi) is 5.34. The van der Waals surface area contributed by atoms with Crippen LogP contribution in [-0.4, -0.2) is 23.9 Å². The maximum Gasteiger partial charge on any atom is 0.176 e. The molecule has 4 heteroatoms. The van der Waals surface area contributed by atoms with Gasteiger partial charge in [-0.2, -0.15) is 11.8 Å². The highest BCUT2D eigenvalue weighted by molar-refractivity contribution is 8.00. The van der Waals surface area contributed by atoms with Crippen LogP contribution in [0.3, 0.4) is 0 Å². The van der Waals surface area contributed by atoms with E-state index in [-0.39, 0.29) is 5.78 Å². The molecule has 1 rings (SSSR count). The molecule has 2 nitrogen and oxygen atoms in total. The summed E-state index contributed by atoms with van der Waals surface area (Å²) in [4.78, 5) is 12.0. The first-order valence-corrected chi connectivity index (χ1v) is 6.87. The third-order valence-corrected chi connectivity index (χ3v) is 3.83. The number of hydrogen-bond donors (Lipinski definition) is 0. The number of carbonyl (C=O) groups excluding carboxylic acids is 1. The fourth-order valence-corrected chi connectivity index (χ4v) is 2.17. The second-order valence-electron chi connectivity index (χ2n) is 4.08. The van der Waals surface area contributed by atoms with E-state index >= 15 is 0 Å². The lowest BCUT2D eigenvalue weighted by Crippen LogP contribution is -2.07. The zero-order valence-electron chi connectivity index (χ0n) is 10.5. The highest BCUT2D eigenvalue weighted by Crippen LogP contribution is 2.28. The first kappa shape index (κ1) is 14.4. The minimum Gasteiger partial charge on any atom is -0.496 e. The van der Waals surface area contributed by atoms with E-state index in [2.05, 4.69) is 13.8 Å². The van der Waals surface area contributed by atoms with Crippen LogP contribution in [0.5, 0.6) is 5.75 Å². The highest BCUT2D eigenvalue weighted by atomic mass is 35.5. The lowest BCUT2D eigenvalue weighted by Gasteiger charge is -2.10. The first-order chi connectivity index (χ1) is 7.95. The van der Waals surface area contributed by atoms with E-state index in [4.69, 9.17) is 16.3 Å². The standard InChI is InChI=1S/C13H17ClO2S/c1-8(2)17-7-12(15)10-6-11(14)9(3)5-13(10)16-4/h5-6,8H,7H2,1-4H3. The number of ketones is 1. The van der Waals surface area contributed by atoms with Crippen molar-refractivity contribution in [3.8, 4) is 5.75 Å². The molecule has 0 atom stereocenters. The number of benzene rings is 1. The van der Waals surface area contributed by atoms with Crippen LogP contribution in [0, 0.1) is 6.92 Å². The molecule has 0 radical (unpaired) electrons. The van der Waals surface area contributed by atoms with E-state index < -0.39 is 0 Å². The lowest BCUT2D eigenvalue weighted by atomic mass is 10.1. The van der Waals surface area contributed by atoms with Crippen LogP contribution in [0.4, 0.5) is 0 Å². The van der Waals surface area contributed by atoms with Gasteiger partial charge in [-0.25, -0.2) is 0 Å². The predicted molar refractivity (Wildman–Crippen MR) is 74.7 cm³/mol. The molecule has 0 spiro atoms. The maximum absolute atomic E-state index is 12.0. The SMILES string of the molecule is COc1cc(C)c(Cl)cc1C(=O)CSC(C)C. The van der Waals surface area contributed by atoms with Crippen molar-refractivity contribution in [1.29, 1.82) is 0 Å². The topological polar surface area (TPSA) is 26.3 Å². The van der Waals surface area contributed by atoms with Crippen LogP contribution in [0.1, 0.15) is 29.8 Å². The Morgan fingerprint density at radius 2 is 2.12 bits per heavy atom. The molecule has 0 unspecified atom stereocenters. The van der Waals surface area contributed by atoms with E-state index in [1.54, 1.807) is 31.0 Å². The molecule has 0 aliphatic carbocycles. The summed E-state index contributed by atoms with van der Waals surface area (Å²) < 4.78 is 5.22. The van der Waals surface area contributed by atoms with Crippen LogP contribution in [-0.2, 0) is 0 Å². The Morgan fingerprint density at radius 3 is 2.65 bits per heavy atom. The van der Waals surface area contributed by atoms with E-state index in [1.165, 1.54) is 0 Å². The summed E-state index contributed by atoms with van der Waals surface area (Å²) in [7, 11) is 1.56. The molecule has 1 aromatic rings. The van der Waals surface area contributed by atoms with Gasteiger partial charge >= 0.3 is 0 Å². The molecule has 0 amide bonds. The largest absolute Gasteiger partial charge is 0.496 e. The van der Waals surface area contributed by atoms with Gasteiger partial charge in [0.15, 0.2) is 5.78 Å². The summed E-state index contributed by atoms with van der Waals surface area (Å²) in [6.07, 6.45) is 0. The zero-order chi connectivity index (χ0) is 13.0. The molecular formula is C13H17ClO2S. The molecular weight excluding hydrogens is 256 g/mol. The van der Waals surface area contributed by atoms with Crippen LogP contribution in [0.2, 0.25) is 5.02 Å². The van der Waals surface area contributed by atoms with Gasteiger partial charge in [0.05, 0.1) is 18.4 Å². The summed E-state index contributed by atoms with van der Waals surface area (Å²) in [5, 5.41) is 1.04. The quantitative estimate of drug-likeness (QED) is 0.759. The summed E-state index contributed by atoms with van der Waals surface area (Å²) in [6.45, 7) is 6.02. The third-order valence-electron chi connectivity index (χ3n) is 2.33. The van der Waals surface area contributed by atoms with Crippen molar-refractivity contribution >= 4 is 29.1 Å². The number of ether oxygens (including phenoxy) is 1. The second-order valence-corrected chi connectivity index (χ2v) is 6.06. The number of aryl methyl sites for hydroxylation is 1. The van der Waals surface area contributed by atoms with Gasteiger partial charge in [0.1, 0.15) is 5.75 Å². The van der Waals surface area contributed by atoms with Crippen LogP contribution < -0.4 is 4.74 Å². The fourth-order valence-electron chi connectivity index (χ4n) is 1.36. The number of Topliss-reactive ketones (excluding diaryl/α,β-unsaturated/α-hetero) is 1. The molecule has 1 aromatic carbocycles. The number of carbonyl (C=O) groups is 1. The molecule has 0 aliphatic rings. The minimum absolute atomic E-state index is 0.0578. The molecule has 0 heterocycles. The lowest BCUT2D eigenvalue weighted by molar-refractivity contribution is 0.101. The Labute approximate surface area is 112 Å². The number of rotatable bonds is 5. The normalized spacial score (nSPS) is 10.7. The molecule has 17 heavy (non-hydrogen) atoms. The van der Waals surface area contributed by atoms with Crippen LogP contribution in [0.25, 0.3) is 0 Å². The van der Waals surface area contributed by atoms with Gasteiger partial charge in [0.25, 0.3) is 0 Å². The Bertz CT molecular complexity index is 416. The number of thioether (sulfide) groups is 1. The van der Waals surface area contributed by atoms with Gasteiger partial charge in [-0.1, -0.05) is 25.4 Å². The average molecular weight is 273 g/mol. The van der Waals surface area contributed by atoms with E-state index in [9.17, 15) is 4.79 Å². The van der Waals surface area contributed by atoms with E-state index in [0.717, 1.165) is 5.56 Å². The molecule has 0 saturated heterocycles. The highest BCUT2D eigenvalue weighted by Gasteiger charge is 2.15. The van der Waals surface area contributed by atoms with Crippen molar-refractivity contribution < 1.29 is 9.53 Å². The van der Waals surface area contributed by atoms with Gasteiger partial charge in [-0.05, 0) is 29.9 Å². The third kappa shape index (κ3) is 3.93. The molecule has 0 fully saturated rings. The Morgan fingerprint density at radius 1 is 1.47 bits per heavy atom. The summed E-state index contributed by atoms with van der Waals surface area (Å²) >= 11 is 7.65. The number of halogens is 1. The summed E-state index contributed by atoms with van der Waals surface area (Å²) in [5.74, 6) is 1.11. The average Bonchev–Trinajstić information content (AvgIpc) is 2.28. The number of methoxy groups -OCH3 is 1. The predicted octanol–water partition coefficient (Wildman–Crippen LogP) is 3.98. The first-order valence-electron chi connectivity index (χ1n) is 5.44. The Hall–Kier alpha value is -0.670. The fraction of sp³-hybridized carbons (Fsp3) is 0.462. The van der Waals surface area contributed by atoms with Gasteiger partial charge < -0.3 is 4.74 Å². The zero-order valence-corrected chi connectivity index (χ0v) is 12.1. The molecule has 0 aliphatic heterocycles. The van der Waals surface area contributed by atoms with Gasteiger partial charge in [0, 0.05) is 5.02 Å². The van der Waals surface area contributed by atoms with Crippen molar-refractivity contribution in [2.24, 2.45) is 0 Å². The second kappa shape index (κ2) is 6.31. The van der Waals surface area contributed by atoms with Crippen molar-refractivity contribution in [2.75, 3.05) is 12.9 Å². The van der Waals surface area contributed by atoms with Crippen molar-refractivity contribution in [1.82, 2.24) is 0 Å². The smallest absolute Gasteiger partial charge is 0.176 e. The van der Waals surface area contributed by atoms with Crippen molar-refractivity contribution in [3.63, 3.8) is 0 Å². The minimum atomic E-state index is 0.0578. The van der Waals surface area contributed by atoms with Crippen molar-refractivity contribution in [2.45, 2.75) is 26.0 Å². The summed E-state index contributed by atoms with van der Waals surface area (Å²) in [5.41, 5.74) is 1.48. The van der Waals surface area contributed by atoms with E-state index in [0.29, 0.717) is 27.3 Å². The van der Waals surface area contributed by atoms with Crippen molar-refractivity contribution in [3.05, 3.63) is 28.3 Å². The molecule has 94 valence electrons.